The SMILES string of the molecule is Cc1ccccc1[C@@H](C)NCC(c1ccccc1)C(C)C. The summed E-state index contributed by atoms with van der Waals surface area (Å²) in [5.74, 6) is 1.18. The molecule has 0 saturated carbocycles. The van der Waals surface area contributed by atoms with Gasteiger partial charge in [0, 0.05) is 12.6 Å². The van der Waals surface area contributed by atoms with E-state index in [1.807, 2.05) is 0 Å². The first-order chi connectivity index (χ1) is 10.1. The van der Waals surface area contributed by atoms with E-state index < -0.39 is 0 Å². The normalized spacial score (nSPS) is 14.1. The predicted octanol–water partition coefficient (Wildman–Crippen LogP) is 5.09. The molecule has 1 heteroatoms. The van der Waals surface area contributed by atoms with Crippen LogP contribution < -0.4 is 5.32 Å². The first-order valence-corrected chi connectivity index (χ1v) is 7.93. The van der Waals surface area contributed by atoms with Gasteiger partial charge in [-0.25, -0.2) is 0 Å². The molecule has 0 saturated heterocycles. The summed E-state index contributed by atoms with van der Waals surface area (Å²) in [7, 11) is 0. The predicted molar refractivity (Wildman–Crippen MR) is 91.6 cm³/mol. The lowest BCUT2D eigenvalue weighted by molar-refractivity contribution is 0.436. The maximum atomic E-state index is 3.72. The topological polar surface area (TPSA) is 12.0 Å². The van der Waals surface area contributed by atoms with Gasteiger partial charge in [0.2, 0.25) is 0 Å². The van der Waals surface area contributed by atoms with Crippen molar-refractivity contribution in [3.8, 4) is 0 Å². The van der Waals surface area contributed by atoms with Crippen molar-refractivity contribution in [1.29, 1.82) is 0 Å². The molecule has 0 aliphatic rings. The standard InChI is InChI=1S/C20H27N/c1-15(2)20(18-11-6-5-7-12-18)14-21-17(4)19-13-9-8-10-16(19)3/h5-13,15,17,20-21H,14H2,1-4H3/t17-,20?/m1/s1. The Kier molecular flexibility index (Phi) is 5.58. The van der Waals surface area contributed by atoms with E-state index in [9.17, 15) is 0 Å². The van der Waals surface area contributed by atoms with Crippen molar-refractivity contribution in [2.75, 3.05) is 6.54 Å². The molecule has 0 fully saturated rings. The number of hydrogen-bond acceptors (Lipinski definition) is 1. The molecule has 0 bridgehead atoms. The molecule has 2 rings (SSSR count). The largest absolute Gasteiger partial charge is 0.310 e. The summed E-state index contributed by atoms with van der Waals surface area (Å²) < 4.78 is 0. The van der Waals surface area contributed by atoms with Crippen LogP contribution in [-0.4, -0.2) is 6.54 Å². The molecule has 0 aromatic heterocycles. The molecule has 2 aromatic rings. The lowest BCUT2D eigenvalue weighted by Crippen LogP contribution is -2.27. The van der Waals surface area contributed by atoms with Gasteiger partial charge in [-0.1, -0.05) is 68.4 Å². The molecule has 0 amide bonds. The third kappa shape index (κ3) is 4.18. The molecular weight excluding hydrogens is 254 g/mol. The zero-order valence-corrected chi connectivity index (χ0v) is 13.6. The lowest BCUT2D eigenvalue weighted by atomic mass is 9.88. The van der Waals surface area contributed by atoms with Crippen LogP contribution in [0.4, 0.5) is 0 Å². The minimum Gasteiger partial charge on any atom is -0.310 e. The van der Waals surface area contributed by atoms with E-state index >= 15 is 0 Å². The second-order valence-corrected chi connectivity index (χ2v) is 6.25. The molecule has 1 N–H and O–H groups in total. The average Bonchev–Trinajstić information content (AvgIpc) is 2.48. The van der Waals surface area contributed by atoms with Gasteiger partial charge in [-0.05, 0) is 42.4 Å². The van der Waals surface area contributed by atoms with Crippen molar-refractivity contribution >= 4 is 0 Å². The van der Waals surface area contributed by atoms with Crippen LogP contribution in [0.5, 0.6) is 0 Å². The van der Waals surface area contributed by atoms with Crippen LogP contribution in [0.25, 0.3) is 0 Å². The van der Waals surface area contributed by atoms with E-state index in [0.29, 0.717) is 17.9 Å². The van der Waals surface area contributed by atoms with Gasteiger partial charge in [0.25, 0.3) is 0 Å². The second-order valence-electron chi connectivity index (χ2n) is 6.25. The molecule has 112 valence electrons. The fourth-order valence-electron chi connectivity index (χ4n) is 2.93. The first kappa shape index (κ1) is 15.8. The van der Waals surface area contributed by atoms with Gasteiger partial charge in [0.05, 0.1) is 0 Å². The molecule has 21 heavy (non-hydrogen) atoms. The van der Waals surface area contributed by atoms with E-state index in [4.69, 9.17) is 0 Å². The van der Waals surface area contributed by atoms with Gasteiger partial charge in [-0.3, -0.25) is 0 Å². The molecule has 0 radical (unpaired) electrons. The molecule has 0 spiro atoms. The summed E-state index contributed by atoms with van der Waals surface area (Å²) in [5.41, 5.74) is 4.18. The van der Waals surface area contributed by atoms with E-state index in [-0.39, 0.29) is 0 Å². The second kappa shape index (κ2) is 7.42. The maximum absolute atomic E-state index is 3.72. The van der Waals surface area contributed by atoms with Crippen molar-refractivity contribution in [2.24, 2.45) is 5.92 Å². The van der Waals surface area contributed by atoms with Crippen LogP contribution in [0.15, 0.2) is 54.6 Å². The Bertz CT molecular complexity index is 545. The number of rotatable bonds is 6. The van der Waals surface area contributed by atoms with Crippen molar-refractivity contribution in [3.63, 3.8) is 0 Å². The fourth-order valence-corrected chi connectivity index (χ4v) is 2.93. The van der Waals surface area contributed by atoms with Crippen LogP contribution in [-0.2, 0) is 0 Å². The zero-order chi connectivity index (χ0) is 15.2. The average molecular weight is 281 g/mol. The van der Waals surface area contributed by atoms with Crippen LogP contribution in [0, 0.1) is 12.8 Å². The molecule has 2 atom stereocenters. The van der Waals surface area contributed by atoms with Gasteiger partial charge in [-0.15, -0.1) is 0 Å². The van der Waals surface area contributed by atoms with Crippen molar-refractivity contribution in [1.82, 2.24) is 5.32 Å². The van der Waals surface area contributed by atoms with Gasteiger partial charge in [0.15, 0.2) is 0 Å². The summed E-state index contributed by atoms with van der Waals surface area (Å²) in [6, 6.07) is 19.9. The van der Waals surface area contributed by atoms with Gasteiger partial charge < -0.3 is 5.32 Å². The van der Waals surface area contributed by atoms with Crippen molar-refractivity contribution in [2.45, 2.75) is 39.7 Å². The summed E-state index contributed by atoms with van der Waals surface area (Å²) >= 11 is 0. The highest BCUT2D eigenvalue weighted by Crippen LogP contribution is 2.25. The van der Waals surface area contributed by atoms with E-state index in [1.165, 1.54) is 16.7 Å². The quantitative estimate of drug-likeness (QED) is 0.778. The third-order valence-electron chi connectivity index (χ3n) is 4.33. The van der Waals surface area contributed by atoms with Gasteiger partial charge >= 0.3 is 0 Å². The Morgan fingerprint density at radius 2 is 1.48 bits per heavy atom. The summed E-state index contributed by atoms with van der Waals surface area (Å²) in [4.78, 5) is 0. The molecule has 2 aromatic carbocycles. The Balaban J connectivity index is 2.04. The molecule has 1 unspecified atom stereocenters. The Morgan fingerprint density at radius 3 is 2.10 bits per heavy atom. The Labute approximate surface area is 129 Å². The summed E-state index contributed by atoms with van der Waals surface area (Å²) in [6.45, 7) is 10.1. The van der Waals surface area contributed by atoms with Gasteiger partial charge in [0.1, 0.15) is 0 Å². The number of aryl methyl sites for hydroxylation is 1. The highest BCUT2D eigenvalue weighted by Gasteiger charge is 2.17. The highest BCUT2D eigenvalue weighted by atomic mass is 14.9. The van der Waals surface area contributed by atoms with Gasteiger partial charge in [-0.2, -0.15) is 0 Å². The molecule has 1 nitrogen and oxygen atoms in total. The molecule has 0 aliphatic heterocycles. The van der Waals surface area contributed by atoms with Crippen molar-refractivity contribution < 1.29 is 0 Å². The number of hydrogen-bond donors (Lipinski definition) is 1. The number of benzene rings is 2. The van der Waals surface area contributed by atoms with E-state index in [0.717, 1.165) is 6.54 Å². The smallest absolute Gasteiger partial charge is 0.0294 e. The highest BCUT2D eigenvalue weighted by molar-refractivity contribution is 5.28. The molecule has 0 heterocycles. The first-order valence-electron chi connectivity index (χ1n) is 7.93. The minimum absolute atomic E-state index is 0.385. The Morgan fingerprint density at radius 1 is 0.857 bits per heavy atom. The minimum atomic E-state index is 0.385. The van der Waals surface area contributed by atoms with Crippen molar-refractivity contribution in [3.05, 3.63) is 71.3 Å². The molecule has 0 aliphatic carbocycles. The van der Waals surface area contributed by atoms with Crippen LogP contribution >= 0.6 is 0 Å². The fraction of sp³-hybridized carbons (Fsp3) is 0.400. The summed E-state index contributed by atoms with van der Waals surface area (Å²) in [5, 5.41) is 3.72. The maximum Gasteiger partial charge on any atom is 0.0294 e. The zero-order valence-electron chi connectivity index (χ0n) is 13.6. The van der Waals surface area contributed by atoms with E-state index in [1.54, 1.807) is 0 Å². The monoisotopic (exact) mass is 281 g/mol. The third-order valence-corrected chi connectivity index (χ3v) is 4.33. The number of nitrogens with one attached hydrogen (secondary N) is 1. The van der Waals surface area contributed by atoms with Crippen LogP contribution in [0.2, 0.25) is 0 Å². The summed E-state index contributed by atoms with van der Waals surface area (Å²) in [6.07, 6.45) is 0. The van der Waals surface area contributed by atoms with E-state index in [2.05, 4.69) is 87.6 Å². The lowest BCUT2D eigenvalue weighted by Gasteiger charge is -2.25. The Hall–Kier alpha value is -1.60. The van der Waals surface area contributed by atoms with Crippen LogP contribution in [0.1, 0.15) is 49.4 Å². The molecular formula is C20H27N. The van der Waals surface area contributed by atoms with Crippen LogP contribution in [0.3, 0.4) is 0 Å².